The van der Waals surface area contributed by atoms with E-state index in [1.54, 1.807) is 0 Å². The molecule has 1 aromatic rings. The lowest BCUT2D eigenvalue weighted by molar-refractivity contribution is 0.916. The monoisotopic (exact) mass is 197 g/mol. The van der Waals surface area contributed by atoms with E-state index in [1.807, 2.05) is 0 Å². The van der Waals surface area contributed by atoms with E-state index in [-0.39, 0.29) is 5.82 Å². The zero-order valence-corrected chi connectivity index (χ0v) is 6.90. The lowest BCUT2D eigenvalue weighted by Gasteiger charge is -2.05. The largest absolute Gasteiger partial charge is 0.250 e. The van der Waals surface area contributed by atoms with Crippen LogP contribution in [0.25, 0.3) is 0 Å². The second-order valence-corrected chi connectivity index (χ2v) is 3.74. The highest BCUT2D eigenvalue weighted by atomic mass is 35.6. The molecule has 10 heavy (non-hydrogen) atoms. The molecule has 54 valence electrons. The van der Waals surface area contributed by atoms with E-state index in [1.165, 1.54) is 12.7 Å². The van der Waals surface area contributed by atoms with Crippen molar-refractivity contribution in [2.45, 2.75) is 3.79 Å². The van der Waals surface area contributed by atoms with Gasteiger partial charge in [-0.15, -0.1) is 0 Å². The van der Waals surface area contributed by atoms with Gasteiger partial charge in [0.05, 0.1) is 0 Å². The zero-order chi connectivity index (χ0) is 7.61. The Balaban J connectivity index is 2.97. The highest BCUT2D eigenvalue weighted by molar-refractivity contribution is 6.66. The Kier molecular flexibility index (Phi) is 2.28. The zero-order valence-electron chi connectivity index (χ0n) is 4.63. The van der Waals surface area contributed by atoms with Crippen LogP contribution in [0.4, 0.5) is 0 Å². The van der Waals surface area contributed by atoms with Gasteiger partial charge in [-0.2, -0.15) is 0 Å². The first-order valence-corrected chi connectivity index (χ1v) is 3.43. The Morgan fingerprint density at radius 1 is 1.10 bits per heavy atom. The first-order chi connectivity index (χ1) is 4.61. The highest BCUT2D eigenvalue weighted by Gasteiger charge is 2.25. The number of alkyl halides is 3. The summed E-state index contributed by atoms with van der Waals surface area (Å²) >= 11 is 16.3. The average Bonchev–Trinajstić information content (AvgIpc) is 1.88. The van der Waals surface area contributed by atoms with Crippen molar-refractivity contribution in [1.82, 2.24) is 15.0 Å². The summed E-state index contributed by atoms with van der Waals surface area (Å²) in [4.78, 5) is 10.8. The van der Waals surface area contributed by atoms with Crippen LogP contribution in [-0.2, 0) is 3.79 Å². The summed E-state index contributed by atoms with van der Waals surface area (Å²) in [6.07, 6.45) is 2.54. The minimum Gasteiger partial charge on any atom is -0.225 e. The van der Waals surface area contributed by atoms with E-state index in [4.69, 9.17) is 34.8 Å². The molecule has 0 radical (unpaired) electrons. The normalized spacial score (nSPS) is 11.5. The number of halogens is 3. The SMILES string of the molecule is ClC(Cl)(Cl)c1ncncn1. The van der Waals surface area contributed by atoms with Crippen molar-refractivity contribution in [3.63, 3.8) is 0 Å². The van der Waals surface area contributed by atoms with Crippen molar-refractivity contribution in [1.29, 1.82) is 0 Å². The Hall–Kier alpha value is -0.120. The summed E-state index contributed by atoms with van der Waals surface area (Å²) in [6.45, 7) is 0. The number of hydrogen-bond acceptors (Lipinski definition) is 3. The van der Waals surface area contributed by atoms with Crippen molar-refractivity contribution in [2.75, 3.05) is 0 Å². The molecular formula is C4H2Cl3N3. The topological polar surface area (TPSA) is 38.7 Å². The number of hydrogen-bond donors (Lipinski definition) is 0. The van der Waals surface area contributed by atoms with E-state index in [9.17, 15) is 0 Å². The van der Waals surface area contributed by atoms with E-state index in [2.05, 4.69) is 15.0 Å². The van der Waals surface area contributed by atoms with Gasteiger partial charge in [0.15, 0.2) is 5.82 Å². The molecule has 0 spiro atoms. The van der Waals surface area contributed by atoms with Gasteiger partial charge in [0.1, 0.15) is 12.7 Å². The second kappa shape index (κ2) is 2.86. The van der Waals surface area contributed by atoms with Crippen LogP contribution in [0.15, 0.2) is 12.7 Å². The third kappa shape index (κ3) is 1.94. The van der Waals surface area contributed by atoms with E-state index >= 15 is 0 Å². The second-order valence-electron chi connectivity index (χ2n) is 1.46. The van der Waals surface area contributed by atoms with Gasteiger partial charge < -0.3 is 0 Å². The molecule has 0 saturated carbocycles. The maximum atomic E-state index is 5.44. The van der Waals surface area contributed by atoms with Gasteiger partial charge in [-0.05, 0) is 0 Å². The van der Waals surface area contributed by atoms with Crippen LogP contribution in [0.1, 0.15) is 5.82 Å². The summed E-state index contributed by atoms with van der Waals surface area (Å²) in [5.41, 5.74) is 0. The lowest BCUT2D eigenvalue weighted by atomic mass is 10.7. The molecule has 0 atom stereocenters. The molecule has 0 unspecified atom stereocenters. The summed E-state index contributed by atoms with van der Waals surface area (Å²) in [6, 6.07) is 0. The number of nitrogens with zero attached hydrogens (tertiary/aromatic N) is 3. The molecule has 1 heterocycles. The molecule has 0 saturated heterocycles. The third-order valence-electron chi connectivity index (χ3n) is 0.747. The third-order valence-corrected chi connectivity index (χ3v) is 1.25. The Morgan fingerprint density at radius 2 is 1.60 bits per heavy atom. The van der Waals surface area contributed by atoms with Gasteiger partial charge in [0.2, 0.25) is 3.79 Å². The number of aromatic nitrogens is 3. The number of rotatable bonds is 0. The molecule has 0 N–H and O–H groups in total. The van der Waals surface area contributed by atoms with Crippen LogP contribution >= 0.6 is 34.8 Å². The summed E-state index contributed by atoms with van der Waals surface area (Å²) in [5.74, 6) is 0.132. The van der Waals surface area contributed by atoms with Crippen LogP contribution in [0.5, 0.6) is 0 Å². The Morgan fingerprint density at radius 3 is 1.90 bits per heavy atom. The predicted octanol–water partition coefficient (Wildman–Crippen LogP) is 1.70. The van der Waals surface area contributed by atoms with Gasteiger partial charge in [0.25, 0.3) is 0 Å². The standard InChI is InChI=1S/C4H2Cl3N3/c5-4(6,7)3-9-1-8-2-10-3/h1-2H. The molecule has 0 fully saturated rings. The summed E-state index contributed by atoms with van der Waals surface area (Å²) < 4.78 is -1.55. The van der Waals surface area contributed by atoms with Crippen molar-refractivity contribution >= 4 is 34.8 Å². The summed E-state index contributed by atoms with van der Waals surface area (Å²) in [7, 11) is 0. The van der Waals surface area contributed by atoms with E-state index in [0.717, 1.165) is 0 Å². The minimum absolute atomic E-state index is 0.132. The molecule has 0 aliphatic carbocycles. The van der Waals surface area contributed by atoms with Crippen LogP contribution in [0.3, 0.4) is 0 Å². The maximum Gasteiger partial charge on any atom is 0.250 e. The molecule has 0 amide bonds. The molecule has 0 aliphatic heterocycles. The predicted molar refractivity (Wildman–Crippen MR) is 39.1 cm³/mol. The smallest absolute Gasteiger partial charge is 0.225 e. The molecule has 0 aliphatic rings. The molecule has 0 bridgehead atoms. The fraction of sp³-hybridized carbons (Fsp3) is 0.250. The molecule has 1 aromatic heterocycles. The van der Waals surface area contributed by atoms with Crippen molar-refractivity contribution in [3.8, 4) is 0 Å². The van der Waals surface area contributed by atoms with Crippen LogP contribution in [0, 0.1) is 0 Å². The fourth-order valence-electron chi connectivity index (χ4n) is 0.386. The van der Waals surface area contributed by atoms with E-state index < -0.39 is 3.79 Å². The van der Waals surface area contributed by atoms with E-state index in [0.29, 0.717) is 0 Å². The highest BCUT2D eigenvalue weighted by Crippen LogP contribution is 2.34. The fourth-order valence-corrected chi connectivity index (χ4v) is 0.678. The van der Waals surface area contributed by atoms with Gasteiger partial charge in [-0.25, -0.2) is 15.0 Å². The minimum atomic E-state index is -1.55. The van der Waals surface area contributed by atoms with Gasteiger partial charge in [-0.1, -0.05) is 34.8 Å². The average molecular weight is 198 g/mol. The van der Waals surface area contributed by atoms with Crippen molar-refractivity contribution < 1.29 is 0 Å². The van der Waals surface area contributed by atoms with Crippen molar-refractivity contribution in [3.05, 3.63) is 18.5 Å². The summed E-state index contributed by atoms with van der Waals surface area (Å²) in [5, 5.41) is 0. The van der Waals surface area contributed by atoms with Gasteiger partial charge >= 0.3 is 0 Å². The van der Waals surface area contributed by atoms with Crippen molar-refractivity contribution in [2.24, 2.45) is 0 Å². The molecule has 3 nitrogen and oxygen atoms in total. The lowest BCUT2D eigenvalue weighted by Crippen LogP contribution is -2.06. The van der Waals surface area contributed by atoms with Crippen LogP contribution < -0.4 is 0 Å². The molecule has 0 aromatic carbocycles. The first kappa shape index (κ1) is 7.98. The Bertz CT molecular complexity index is 207. The maximum absolute atomic E-state index is 5.44. The quantitative estimate of drug-likeness (QED) is 0.596. The molecular weight excluding hydrogens is 196 g/mol. The van der Waals surface area contributed by atoms with Gasteiger partial charge in [0, 0.05) is 0 Å². The van der Waals surface area contributed by atoms with Gasteiger partial charge in [-0.3, -0.25) is 0 Å². The molecule has 1 rings (SSSR count). The Labute approximate surface area is 72.4 Å². The van der Waals surface area contributed by atoms with Crippen LogP contribution in [-0.4, -0.2) is 15.0 Å². The first-order valence-electron chi connectivity index (χ1n) is 2.30. The van der Waals surface area contributed by atoms with Crippen LogP contribution in [0.2, 0.25) is 0 Å². The molecule has 6 heteroatoms.